The van der Waals surface area contributed by atoms with E-state index in [9.17, 15) is 9.18 Å². The zero-order valence-electron chi connectivity index (χ0n) is 12.8. The van der Waals surface area contributed by atoms with Crippen LogP contribution in [0.4, 0.5) is 10.1 Å². The van der Waals surface area contributed by atoms with Crippen LogP contribution in [0, 0.1) is 18.7 Å². The maximum Gasteiger partial charge on any atom is 0.308 e. The molecule has 0 saturated heterocycles. The molecule has 0 fully saturated rings. The van der Waals surface area contributed by atoms with Crippen LogP contribution in [0.3, 0.4) is 0 Å². The van der Waals surface area contributed by atoms with Crippen LogP contribution >= 0.6 is 0 Å². The topological polar surface area (TPSA) is 40.5 Å². The molecule has 0 aliphatic heterocycles. The lowest BCUT2D eigenvalue weighted by Crippen LogP contribution is -2.32. The van der Waals surface area contributed by atoms with Crippen LogP contribution in [0.1, 0.15) is 18.1 Å². The maximum atomic E-state index is 14.1. The summed E-state index contributed by atoms with van der Waals surface area (Å²) in [5, 5.41) is 9.13. The third-order valence-electron chi connectivity index (χ3n) is 3.60. The van der Waals surface area contributed by atoms with E-state index in [1.165, 1.54) is 6.07 Å². The van der Waals surface area contributed by atoms with Crippen molar-refractivity contribution in [2.24, 2.45) is 5.92 Å². The van der Waals surface area contributed by atoms with Gasteiger partial charge < -0.3 is 10.0 Å². The first-order valence-corrected chi connectivity index (χ1v) is 7.25. The standard InChI is InChI=1S/C18H20FNO2/c1-13-7-9-15(10-8-13)12-20(11-14(2)18(21)22)17-6-4-3-5-16(17)19/h3-10,14H,11-12H2,1-2H3,(H,21,22). The van der Waals surface area contributed by atoms with Crippen molar-refractivity contribution in [1.29, 1.82) is 0 Å². The number of carboxylic acid groups (broad SMARTS) is 1. The van der Waals surface area contributed by atoms with E-state index in [0.29, 0.717) is 12.2 Å². The average Bonchev–Trinajstić information content (AvgIpc) is 2.49. The number of benzene rings is 2. The SMILES string of the molecule is Cc1ccc(CN(CC(C)C(=O)O)c2ccccc2F)cc1. The molecule has 0 bridgehead atoms. The molecule has 1 N–H and O–H groups in total. The number of aryl methyl sites for hydroxylation is 1. The minimum absolute atomic E-state index is 0.254. The molecular weight excluding hydrogens is 281 g/mol. The fraction of sp³-hybridized carbons (Fsp3) is 0.278. The number of halogens is 1. The van der Waals surface area contributed by atoms with E-state index >= 15 is 0 Å². The molecule has 0 amide bonds. The molecule has 0 aliphatic carbocycles. The van der Waals surface area contributed by atoms with Crippen LogP contribution in [0.25, 0.3) is 0 Å². The summed E-state index contributed by atoms with van der Waals surface area (Å²) >= 11 is 0. The Morgan fingerprint density at radius 1 is 1.18 bits per heavy atom. The number of hydrogen-bond acceptors (Lipinski definition) is 2. The van der Waals surface area contributed by atoms with Gasteiger partial charge in [0.05, 0.1) is 11.6 Å². The first kappa shape index (κ1) is 16.0. The molecule has 3 nitrogen and oxygen atoms in total. The second-order valence-corrected chi connectivity index (χ2v) is 5.56. The number of carbonyl (C=O) groups is 1. The Bertz CT molecular complexity index is 640. The highest BCUT2D eigenvalue weighted by Crippen LogP contribution is 2.22. The van der Waals surface area contributed by atoms with Crippen molar-refractivity contribution >= 4 is 11.7 Å². The van der Waals surface area contributed by atoms with Crippen molar-refractivity contribution in [3.8, 4) is 0 Å². The first-order chi connectivity index (χ1) is 10.5. The van der Waals surface area contributed by atoms with Crippen molar-refractivity contribution < 1.29 is 14.3 Å². The number of aliphatic carboxylic acids is 1. The summed E-state index contributed by atoms with van der Waals surface area (Å²) in [4.78, 5) is 12.9. The van der Waals surface area contributed by atoms with Crippen molar-refractivity contribution in [3.63, 3.8) is 0 Å². The number of rotatable bonds is 6. The monoisotopic (exact) mass is 301 g/mol. The molecular formula is C18H20FNO2. The number of anilines is 1. The quantitative estimate of drug-likeness (QED) is 0.880. The Morgan fingerprint density at radius 2 is 1.82 bits per heavy atom. The van der Waals surface area contributed by atoms with Crippen molar-refractivity contribution in [2.45, 2.75) is 20.4 Å². The van der Waals surface area contributed by atoms with Gasteiger partial charge in [-0.3, -0.25) is 4.79 Å². The van der Waals surface area contributed by atoms with Crippen LogP contribution < -0.4 is 4.90 Å². The third kappa shape index (κ3) is 4.07. The molecule has 22 heavy (non-hydrogen) atoms. The molecule has 0 aromatic heterocycles. The fourth-order valence-corrected chi connectivity index (χ4v) is 2.28. The van der Waals surface area contributed by atoms with Crippen molar-refractivity contribution in [3.05, 3.63) is 65.5 Å². The summed E-state index contributed by atoms with van der Waals surface area (Å²) in [5.41, 5.74) is 2.60. The molecule has 0 radical (unpaired) electrons. The number of carboxylic acids is 1. The van der Waals surface area contributed by atoms with E-state index in [4.69, 9.17) is 5.11 Å². The number of hydrogen-bond donors (Lipinski definition) is 1. The summed E-state index contributed by atoms with van der Waals surface area (Å²) < 4.78 is 14.1. The van der Waals surface area contributed by atoms with Crippen LogP contribution in [-0.4, -0.2) is 17.6 Å². The average molecular weight is 301 g/mol. The Balaban J connectivity index is 2.27. The molecule has 0 spiro atoms. The molecule has 4 heteroatoms. The largest absolute Gasteiger partial charge is 0.481 e. The molecule has 0 saturated carbocycles. The lowest BCUT2D eigenvalue weighted by Gasteiger charge is -2.27. The molecule has 2 aromatic carbocycles. The molecule has 0 aliphatic rings. The lowest BCUT2D eigenvalue weighted by molar-refractivity contribution is -0.140. The van der Waals surface area contributed by atoms with Gasteiger partial charge in [-0.25, -0.2) is 4.39 Å². The van der Waals surface area contributed by atoms with Crippen LogP contribution in [0.5, 0.6) is 0 Å². The summed E-state index contributed by atoms with van der Waals surface area (Å²) in [6.45, 7) is 4.36. The van der Waals surface area contributed by atoms with Gasteiger partial charge in [-0.05, 0) is 24.6 Å². The normalized spacial score (nSPS) is 12.0. The molecule has 2 rings (SSSR count). The van der Waals surface area contributed by atoms with Gasteiger partial charge in [-0.2, -0.15) is 0 Å². The van der Waals surface area contributed by atoms with Crippen LogP contribution in [0.2, 0.25) is 0 Å². The Kier molecular flexibility index (Phi) is 5.15. The fourth-order valence-electron chi connectivity index (χ4n) is 2.28. The van der Waals surface area contributed by atoms with E-state index in [0.717, 1.165) is 11.1 Å². The highest BCUT2D eigenvalue weighted by Gasteiger charge is 2.19. The predicted octanol–water partition coefficient (Wildman–Crippen LogP) is 3.86. The molecule has 2 aromatic rings. The highest BCUT2D eigenvalue weighted by molar-refractivity contribution is 5.70. The van der Waals surface area contributed by atoms with E-state index < -0.39 is 11.9 Å². The van der Waals surface area contributed by atoms with Crippen molar-refractivity contribution in [2.75, 3.05) is 11.4 Å². The third-order valence-corrected chi connectivity index (χ3v) is 3.60. The van der Waals surface area contributed by atoms with Gasteiger partial charge >= 0.3 is 5.97 Å². The summed E-state index contributed by atoms with van der Waals surface area (Å²) in [6, 6.07) is 14.4. The van der Waals surface area contributed by atoms with Gasteiger partial charge in [0.15, 0.2) is 0 Å². The first-order valence-electron chi connectivity index (χ1n) is 7.25. The van der Waals surface area contributed by atoms with Gasteiger partial charge in [0.25, 0.3) is 0 Å². The number of para-hydroxylation sites is 1. The molecule has 0 heterocycles. The van der Waals surface area contributed by atoms with E-state index in [2.05, 4.69) is 0 Å². The zero-order valence-corrected chi connectivity index (χ0v) is 12.8. The second-order valence-electron chi connectivity index (χ2n) is 5.56. The van der Waals surface area contributed by atoms with E-state index in [1.54, 1.807) is 30.0 Å². The smallest absolute Gasteiger partial charge is 0.308 e. The Morgan fingerprint density at radius 3 is 2.41 bits per heavy atom. The minimum Gasteiger partial charge on any atom is -0.481 e. The van der Waals surface area contributed by atoms with Gasteiger partial charge in [-0.15, -0.1) is 0 Å². The second kappa shape index (κ2) is 7.07. The molecule has 1 unspecified atom stereocenters. The van der Waals surface area contributed by atoms with Gasteiger partial charge in [-0.1, -0.05) is 48.9 Å². The van der Waals surface area contributed by atoms with E-state index in [1.807, 2.05) is 31.2 Å². The molecule has 1 atom stereocenters. The van der Waals surface area contributed by atoms with Crippen LogP contribution in [0.15, 0.2) is 48.5 Å². The Hall–Kier alpha value is -2.36. The minimum atomic E-state index is -0.884. The Labute approximate surface area is 130 Å². The highest BCUT2D eigenvalue weighted by atomic mass is 19.1. The predicted molar refractivity (Wildman–Crippen MR) is 85.4 cm³/mol. The van der Waals surface area contributed by atoms with Gasteiger partial charge in [0, 0.05) is 13.1 Å². The van der Waals surface area contributed by atoms with Crippen LogP contribution in [-0.2, 0) is 11.3 Å². The van der Waals surface area contributed by atoms with Gasteiger partial charge in [0.1, 0.15) is 5.82 Å². The van der Waals surface area contributed by atoms with E-state index in [-0.39, 0.29) is 12.4 Å². The van der Waals surface area contributed by atoms with Crippen molar-refractivity contribution in [1.82, 2.24) is 0 Å². The number of nitrogens with zero attached hydrogens (tertiary/aromatic N) is 1. The summed E-state index contributed by atoms with van der Waals surface area (Å²) in [7, 11) is 0. The summed E-state index contributed by atoms with van der Waals surface area (Å²) in [5.74, 6) is -1.80. The maximum absolute atomic E-state index is 14.1. The summed E-state index contributed by atoms with van der Waals surface area (Å²) in [6.07, 6.45) is 0. The zero-order chi connectivity index (χ0) is 16.1. The lowest BCUT2D eigenvalue weighted by atomic mass is 10.1. The molecule has 116 valence electrons. The van der Waals surface area contributed by atoms with Gasteiger partial charge in [0.2, 0.25) is 0 Å².